The van der Waals surface area contributed by atoms with Crippen LogP contribution in [-0.2, 0) is 13.0 Å². The maximum atomic E-state index is 3.87. The van der Waals surface area contributed by atoms with Crippen molar-refractivity contribution in [2.45, 2.75) is 51.7 Å². The van der Waals surface area contributed by atoms with E-state index in [1.807, 2.05) is 6.08 Å². The summed E-state index contributed by atoms with van der Waals surface area (Å²) in [5, 5.41) is 3.46. The third kappa shape index (κ3) is 5.10. The van der Waals surface area contributed by atoms with Gasteiger partial charge in [0.05, 0.1) is 0 Å². The van der Waals surface area contributed by atoms with Gasteiger partial charge in [0.1, 0.15) is 0 Å². The number of nitrogens with zero attached hydrogens (tertiary/aromatic N) is 1. The van der Waals surface area contributed by atoms with E-state index in [0.29, 0.717) is 6.04 Å². The first-order chi connectivity index (χ1) is 9.69. The molecule has 0 atom stereocenters. The Morgan fingerprint density at radius 1 is 1.25 bits per heavy atom. The van der Waals surface area contributed by atoms with Gasteiger partial charge in [-0.15, -0.1) is 6.58 Å². The zero-order valence-electron chi connectivity index (χ0n) is 12.9. The van der Waals surface area contributed by atoms with Gasteiger partial charge >= 0.3 is 0 Å². The Morgan fingerprint density at radius 2 is 1.90 bits per heavy atom. The number of hydrogen-bond donors (Lipinski definition) is 1. The molecular formula is C18H28N2. The normalized spacial score (nSPS) is 15.0. The molecular weight excluding hydrogens is 244 g/mol. The van der Waals surface area contributed by atoms with Gasteiger partial charge in [-0.2, -0.15) is 0 Å². The van der Waals surface area contributed by atoms with Gasteiger partial charge in [-0.3, -0.25) is 4.90 Å². The van der Waals surface area contributed by atoms with E-state index >= 15 is 0 Å². The Labute approximate surface area is 123 Å². The van der Waals surface area contributed by atoms with Gasteiger partial charge in [-0.1, -0.05) is 44.2 Å². The maximum Gasteiger partial charge on any atom is 0.0239 e. The van der Waals surface area contributed by atoms with Crippen LogP contribution < -0.4 is 5.32 Å². The standard InChI is InChI=1S/C18H28N2/c1-4-13-20(18-9-10-18)14-17-7-5-16(6-8-17)11-12-19-15(2)3/h4-8,15,18-19H,1,9-14H2,2-3H3. The minimum Gasteiger partial charge on any atom is -0.314 e. The van der Waals surface area contributed by atoms with Crippen molar-refractivity contribution >= 4 is 0 Å². The lowest BCUT2D eigenvalue weighted by Crippen LogP contribution is -2.25. The van der Waals surface area contributed by atoms with Crippen molar-refractivity contribution < 1.29 is 0 Å². The van der Waals surface area contributed by atoms with Crippen molar-refractivity contribution in [3.05, 3.63) is 48.0 Å². The quantitative estimate of drug-likeness (QED) is 0.693. The first kappa shape index (κ1) is 15.3. The van der Waals surface area contributed by atoms with Crippen LogP contribution in [0.3, 0.4) is 0 Å². The van der Waals surface area contributed by atoms with E-state index in [0.717, 1.165) is 32.1 Å². The van der Waals surface area contributed by atoms with Gasteiger partial charge in [0.25, 0.3) is 0 Å². The molecule has 1 N–H and O–H groups in total. The van der Waals surface area contributed by atoms with Crippen LogP contribution in [0, 0.1) is 0 Å². The number of rotatable bonds is 9. The lowest BCUT2D eigenvalue weighted by atomic mass is 10.1. The first-order valence-electron chi connectivity index (χ1n) is 7.85. The van der Waals surface area contributed by atoms with E-state index in [1.165, 1.54) is 24.0 Å². The summed E-state index contributed by atoms with van der Waals surface area (Å²) in [5.41, 5.74) is 2.84. The molecule has 0 amide bonds. The second-order valence-electron chi connectivity index (χ2n) is 6.12. The summed E-state index contributed by atoms with van der Waals surface area (Å²) in [6, 6.07) is 10.5. The molecule has 110 valence electrons. The van der Waals surface area contributed by atoms with Gasteiger partial charge < -0.3 is 5.32 Å². The largest absolute Gasteiger partial charge is 0.314 e. The Morgan fingerprint density at radius 3 is 2.45 bits per heavy atom. The van der Waals surface area contributed by atoms with Crippen molar-refractivity contribution in [2.75, 3.05) is 13.1 Å². The molecule has 1 saturated carbocycles. The zero-order chi connectivity index (χ0) is 14.4. The molecule has 0 saturated heterocycles. The zero-order valence-corrected chi connectivity index (χ0v) is 12.9. The molecule has 0 aromatic heterocycles. The molecule has 2 heteroatoms. The molecule has 2 nitrogen and oxygen atoms in total. The fourth-order valence-electron chi connectivity index (χ4n) is 2.50. The van der Waals surface area contributed by atoms with Crippen molar-refractivity contribution in [1.82, 2.24) is 10.2 Å². The first-order valence-corrected chi connectivity index (χ1v) is 7.85. The van der Waals surface area contributed by atoms with Crippen LogP contribution in [0.5, 0.6) is 0 Å². The molecule has 0 bridgehead atoms. The summed E-state index contributed by atoms with van der Waals surface area (Å²) >= 11 is 0. The molecule has 1 aliphatic carbocycles. The van der Waals surface area contributed by atoms with Crippen LogP contribution in [0.4, 0.5) is 0 Å². The fraction of sp³-hybridized carbons (Fsp3) is 0.556. The SMILES string of the molecule is C=CCN(Cc1ccc(CCNC(C)C)cc1)C1CC1. The number of benzene rings is 1. The Hall–Kier alpha value is -1.12. The third-order valence-electron chi connectivity index (χ3n) is 3.80. The van der Waals surface area contributed by atoms with Gasteiger partial charge in [0.15, 0.2) is 0 Å². The van der Waals surface area contributed by atoms with Crippen molar-refractivity contribution in [2.24, 2.45) is 0 Å². The molecule has 1 aromatic rings. The van der Waals surface area contributed by atoms with E-state index in [9.17, 15) is 0 Å². The monoisotopic (exact) mass is 272 g/mol. The second kappa shape index (κ2) is 7.61. The third-order valence-corrected chi connectivity index (χ3v) is 3.80. The summed E-state index contributed by atoms with van der Waals surface area (Å²) in [4.78, 5) is 2.53. The summed E-state index contributed by atoms with van der Waals surface area (Å²) in [7, 11) is 0. The van der Waals surface area contributed by atoms with Crippen molar-refractivity contribution in [3.8, 4) is 0 Å². The number of nitrogens with one attached hydrogen (secondary N) is 1. The lowest BCUT2D eigenvalue weighted by molar-refractivity contribution is 0.284. The van der Waals surface area contributed by atoms with Crippen molar-refractivity contribution in [3.63, 3.8) is 0 Å². The molecule has 1 aromatic carbocycles. The van der Waals surface area contributed by atoms with Gasteiger partial charge in [0, 0.05) is 25.2 Å². The molecule has 20 heavy (non-hydrogen) atoms. The highest BCUT2D eigenvalue weighted by Crippen LogP contribution is 2.28. The summed E-state index contributed by atoms with van der Waals surface area (Å²) < 4.78 is 0. The van der Waals surface area contributed by atoms with E-state index in [-0.39, 0.29) is 0 Å². The highest BCUT2D eigenvalue weighted by atomic mass is 15.2. The minimum absolute atomic E-state index is 0.570. The van der Waals surface area contributed by atoms with Crippen LogP contribution in [0.25, 0.3) is 0 Å². The molecule has 1 aliphatic rings. The van der Waals surface area contributed by atoms with Crippen LogP contribution in [0.1, 0.15) is 37.8 Å². The van der Waals surface area contributed by atoms with E-state index < -0.39 is 0 Å². The number of hydrogen-bond acceptors (Lipinski definition) is 2. The predicted octanol–water partition coefficient (Wildman–Crippen LogP) is 3.38. The average Bonchev–Trinajstić information content (AvgIpc) is 3.24. The summed E-state index contributed by atoms with van der Waals surface area (Å²) in [6.07, 6.45) is 5.83. The Bertz CT molecular complexity index is 404. The molecule has 0 radical (unpaired) electrons. The van der Waals surface area contributed by atoms with Crippen LogP contribution in [0.2, 0.25) is 0 Å². The van der Waals surface area contributed by atoms with Crippen LogP contribution in [0.15, 0.2) is 36.9 Å². The van der Waals surface area contributed by atoms with E-state index in [1.54, 1.807) is 0 Å². The van der Waals surface area contributed by atoms with Crippen LogP contribution >= 0.6 is 0 Å². The predicted molar refractivity (Wildman–Crippen MR) is 86.9 cm³/mol. The molecule has 0 aliphatic heterocycles. The molecule has 0 spiro atoms. The van der Waals surface area contributed by atoms with Gasteiger partial charge in [-0.25, -0.2) is 0 Å². The highest BCUT2D eigenvalue weighted by molar-refractivity contribution is 5.23. The second-order valence-corrected chi connectivity index (χ2v) is 6.12. The molecule has 0 heterocycles. The molecule has 1 fully saturated rings. The molecule has 2 rings (SSSR count). The maximum absolute atomic E-state index is 3.87. The highest BCUT2D eigenvalue weighted by Gasteiger charge is 2.27. The van der Waals surface area contributed by atoms with Crippen LogP contribution in [-0.4, -0.2) is 30.1 Å². The summed E-state index contributed by atoms with van der Waals surface area (Å²) in [5.74, 6) is 0. The van der Waals surface area contributed by atoms with E-state index in [4.69, 9.17) is 0 Å². The Kier molecular flexibility index (Phi) is 5.81. The Balaban J connectivity index is 1.82. The fourth-order valence-corrected chi connectivity index (χ4v) is 2.50. The minimum atomic E-state index is 0.570. The topological polar surface area (TPSA) is 15.3 Å². The van der Waals surface area contributed by atoms with E-state index in [2.05, 4.69) is 54.9 Å². The lowest BCUT2D eigenvalue weighted by Gasteiger charge is -2.20. The molecule has 0 unspecified atom stereocenters. The van der Waals surface area contributed by atoms with Gasteiger partial charge in [-0.05, 0) is 36.9 Å². The summed E-state index contributed by atoms with van der Waals surface area (Å²) in [6.45, 7) is 11.4. The van der Waals surface area contributed by atoms with Crippen molar-refractivity contribution in [1.29, 1.82) is 0 Å². The average molecular weight is 272 g/mol. The smallest absolute Gasteiger partial charge is 0.0239 e. The van der Waals surface area contributed by atoms with Gasteiger partial charge in [0.2, 0.25) is 0 Å².